The Bertz CT molecular complexity index is 287. The number of alkyl carbamates (subject to hydrolysis) is 1. The highest BCUT2D eigenvalue weighted by molar-refractivity contribution is 5.78. The first-order valence-electron chi connectivity index (χ1n) is 5.73. The van der Waals surface area contributed by atoms with Crippen LogP contribution in [0, 0.1) is 0 Å². The normalized spacial score (nSPS) is 18.5. The first-order valence-corrected chi connectivity index (χ1v) is 5.73. The van der Waals surface area contributed by atoms with Gasteiger partial charge in [0.05, 0.1) is 5.54 Å². The molecule has 1 rings (SSSR count). The molecule has 1 saturated carbocycles. The maximum Gasteiger partial charge on any atom is 0.408 e. The highest BCUT2D eigenvalue weighted by Gasteiger charge is 2.40. The molecule has 0 spiro atoms. The Morgan fingerprint density at radius 3 is 2.19 bits per heavy atom. The molecule has 0 aromatic carbocycles. The zero-order valence-corrected chi connectivity index (χ0v) is 10.6. The fourth-order valence-electron chi connectivity index (χ4n) is 1.95. The SMILES string of the molecule is CC(=O)CC1(NC(=O)OC(C)(C)C)CCC1. The topological polar surface area (TPSA) is 55.4 Å². The van der Waals surface area contributed by atoms with Crippen molar-refractivity contribution < 1.29 is 14.3 Å². The summed E-state index contributed by atoms with van der Waals surface area (Å²) in [7, 11) is 0. The number of nitrogens with one attached hydrogen (secondary N) is 1. The summed E-state index contributed by atoms with van der Waals surface area (Å²) >= 11 is 0. The lowest BCUT2D eigenvalue weighted by atomic mass is 9.73. The van der Waals surface area contributed by atoms with Crippen LogP contribution in [0.15, 0.2) is 0 Å². The summed E-state index contributed by atoms with van der Waals surface area (Å²) in [6.07, 6.45) is 2.78. The number of amides is 1. The molecule has 0 atom stereocenters. The number of Topliss-reactive ketones (excluding diaryl/α,β-unsaturated/α-hetero) is 1. The third-order valence-electron chi connectivity index (χ3n) is 2.66. The van der Waals surface area contributed by atoms with Crippen molar-refractivity contribution in [1.29, 1.82) is 0 Å². The molecule has 0 radical (unpaired) electrons. The molecule has 1 fully saturated rings. The van der Waals surface area contributed by atoms with Crippen molar-refractivity contribution >= 4 is 11.9 Å². The predicted molar refractivity (Wildman–Crippen MR) is 61.2 cm³/mol. The van der Waals surface area contributed by atoms with Gasteiger partial charge in [0, 0.05) is 6.42 Å². The molecule has 0 unspecified atom stereocenters. The lowest BCUT2D eigenvalue weighted by Gasteiger charge is -2.42. The molecule has 0 heterocycles. The standard InChI is InChI=1S/C12H21NO3/c1-9(14)8-12(6-5-7-12)13-10(15)16-11(2,3)4/h5-8H2,1-4H3,(H,13,15). The number of ether oxygens (including phenoxy) is 1. The highest BCUT2D eigenvalue weighted by Crippen LogP contribution is 2.35. The fourth-order valence-corrected chi connectivity index (χ4v) is 1.95. The van der Waals surface area contributed by atoms with E-state index in [9.17, 15) is 9.59 Å². The molecule has 4 heteroatoms. The summed E-state index contributed by atoms with van der Waals surface area (Å²) in [6.45, 7) is 7.03. The van der Waals surface area contributed by atoms with E-state index >= 15 is 0 Å². The van der Waals surface area contributed by atoms with Gasteiger partial charge in [0.15, 0.2) is 0 Å². The predicted octanol–water partition coefficient (Wildman–Crippen LogP) is 2.41. The van der Waals surface area contributed by atoms with Crippen molar-refractivity contribution in [2.75, 3.05) is 0 Å². The van der Waals surface area contributed by atoms with E-state index in [4.69, 9.17) is 4.74 Å². The monoisotopic (exact) mass is 227 g/mol. The number of hydrogen-bond donors (Lipinski definition) is 1. The minimum atomic E-state index is -0.495. The van der Waals surface area contributed by atoms with Crippen LogP contribution in [0.2, 0.25) is 0 Å². The van der Waals surface area contributed by atoms with E-state index in [1.807, 2.05) is 20.8 Å². The van der Waals surface area contributed by atoms with E-state index < -0.39 is 11.7 Å². The van der Waals surface area contributed by atoms with E-state index in [-0.39, 0.29) is 11.3 Å². The number of carbonyl (C=O) groups is 2. The van der Waals surface area contributed by atoms with Crippen molar-refractivity contribution in [1.82, 2.24) is 5.32 Å². The second-order valence-electron chi connectivity index (χ2n) is 5.64. The molecule has 0 aromatic heterocycles. The van der Waals surface area contributed by atoms with E-state index in [1.54, 1.807) is 6.92 Å². The van der Waals surface area contributed by atoms with Crippen LogP contribution >= 0.6 is 0 Å². The maximum absolute atomic E-state index is 11.6. The van der Waals surface area contributed by atoms with Gasteiger partial charge in [0.25, 0.3) is 0 Å². The Balaban J connectivity index is 2.50. The van der Waals surface area contributed by atoms with Gasteiger partial charge in [0.1, 0.15) is 11.4 Å². The van der Waals surface area contributed by atoms with Crippen molar-refractivity contribution in [2.45, 2.75) is 64.5 Å². The molecule has 1 amide bonds. The van der Waals surface area contributed by atoms with E-state index in [0.717, 1.165) is 19.3 Å². The molecule has 0 aliphatic heterocycles. The van der Waals surface area contributed by atoms with Gasteiger partial charge < -0.3 is 10.1 Å². The number of hydrogen-bond acceptors (Lipinski definition) is 3. The molecule has 0 aromatic rings. The van der Waals surface area contributed by atoms with Crippen LogP contribution < -0.4 is 5.32 Å². The van der Waals surface area contributed by atoms with Gasteiger partial charge in [-0.15, -0.1) is 0 Å². The summed E-state index contributed by atoms with van der Waals surface area (Å²) < 4.78 is 5.19. The zero-order chi connectivity index (χ0) is 12.4. The molecule has 1 aliphatic rings. The van der Waals surface area contributed by atoms with Gasteiger partial charge >= 0.3 is 6.09 Å². The van der Waals surface area contributed by atoms with Gasteiger partial charge in [-0.05, 0) is 47.0 Å². The third kappa shape index (κ3) is 3.83. The lowest BCUT2D eigenvalue weighted by molar-refractivity contribution is -0.119. The van der Waals surface area contributed by atoms with Crippen molar-refractivity contribution in [2.24, 2.45) is 0 Å². The van der Waals surface area contributed by atoms with Gasteiger partial charge in [-0.1, -0.05) is 0 Å². The largest absolute Gasteiger partial charge is 0.444 e. The molecule has 0 saturated heterocycles. The lowest BCUT2D eigenvalue weighted by Crippen LogP contribution is -2.55. The molecule has 92 valence electrons. The quantitative estimate of drug-likeness (QED) is 0.805. The van der Waals surface area contributed by atoms with Crippen LogP contribution in [0.3, 0.4) is 0 Å². The Morgan fingerprint density at radius 2 is 1.88 bits per heavy atom. The number of ketones is 1. The second kappa shape index (κ2) is 4.44. The molecule has 1 N–H and O–H groups in total. The molecule has 4 nitrogen and oxygen atoms in total. The van der Waals surface area contributed by atoms with Crippen LogP contribution in [0.1, 0.15) is 53.4 Å². The number of rotatable bonds is 3. The van der Waals surface area contributed by atoms with E-state index in [2.05, 4.69) is 5.32 Å². The zero-order valence-electron chi connectivity index (χ0n) is 10.6. The Hall–Kier alpha value is -1.06. The third-order valence-corrected chi connectivity index (χ3v) is 2.66. The number of carbonyl (C=O) groups excluding carboxylic acids is 2. The van der Waals surface area contributed by atoms with Gasteiger partial charge in [0.2, 0.25) is 0 Å². The summed E-state index contributed by atoms with van der Waals surface area (Å²) in [5.74, 6) is 0.107. The van der Waals surface area contributed by atoms with Crippen LogP contribution in [0.4, 0.5) is 4.79 Å². The Labute approximate surface area is 96.7 Å². The first-order chi connectivity index (χ1) is 7.22. The molecule has 1 aliphatic carbocycles. The van der Waals surface area contributed by atoms with Crippen LogP contribution in [-0.2, 0) is 9.53 Å². The summed E-state index contributed by atoms with van der Waals surface area (Å²) in [4.78, 5) is 22.7. The van der Waals surface area contributed by atoms with Gasteiger partial charge in [-0.25, -0.2) is 4.79 Å². The maximum atomic E-state index is 11.6. The van der Waals surface area contributed by atoms with E-state index in [0.29, 0.717) is 6.42 Å². The molecule has 0 bridgehead atoms. The highest BCUT2D eigenvalue weighted by atomic mass is 16.6. The van der Waals surface area contributed by atoms with Crippen molar-refractivity contribution in [3.8, 4) is 0 Å². The molecule has 16 heavy (non-hydrogen) atoms. The minimum absolute atomic E-state index is 0.107. The van der Waals surface area contributed by atoms with Gasteiger partial charge in [-0.3, -0.25) is 4.79 Å². The van der Waals surface area contributed by atoms with Gasteiger partial charge in [-0.2, -0.15) is 0 Å². The fraction of sp³-hybridized carbons (Fsp3) is 0.833. The average Bonchev–Trinajstić information content (AvgIpc) is 1.95. The van der Waals surface area contributed by atoms with Crippen LogP contribution in [-0.4, -0.2) is 23.0 Å². The molecular formula is C12H21NO3. The Kier molecular flexibility index (Phi) is 3.61. The summed E-state index contributed by atoms with van der Waals surface area (Å²) in [5.41, 5.74) is -0.834. The van der Waals surface area contributed by atoms with Crippen LogP contribution in [0.25, 0.3) is 0 Å². The molecular weight excluding hydrogens is 206 g/mol. The van der Waals surface area contributed by atoms with Crippen molar-refractivity contribution in [3.63, 3.8) is 0 Å². The first kappa shape index (κ1) is 13.0. The summed E-state index contributed by atoms with van der Waals surface area (Å²) in [6, 6.07) is 0. The summed E-state index contributed by atoms with van der Waals surface area (Å²) in [5, 5.41) is 2.84. The van der Waals surface area contributed by atoms with E-state index in [1.165, 1.54) is 0 Å². The Morgan fingerprint density at radius 1 is 1.31 bits per heavy atom. The van der Waals surface area contributed by atoms with Crippen LogP contribution in [0.5, 0.6) is 0 Å². The minimum Gasteiger partial charge on any atom is -0.444 e. The smallest absolute Gasteiger partial charge is 0.408 e. The van der Waals surface area contributed by atoms with Crippen molar-refractivity contribution in [3.05, 3.63) is 0 Å². The average molecular weight is 227 g/mol. The second-order valence-corrected chi connectivity index (χ2v) is 5.64.